The van der Waals surface area contributed by atoms with Crippen LogP contribution in [0.4, 0.5) is 11.4 Å². The molecule has 0 saturated heterocycles. The second-order valence-electron chi connectivity index (χ2n) is 6.85. The standard InChI is InChI=1S/C20H22N3O2.ClH/c1-23(2,3)15-11-9-14-10-12-18(24)20(16(14)13-15)22-21-17-7-5-6-8-19(17)25-4;/h5-13,20H,1-4H3;1H/q+1;/p-1. The number of ketones is 1. The number of hydrogen-bond donors (Lipinski definition) is 0. The fourth-order valence-electron chi connectivity index (χ4n) is 2.74. The number of rotatable bonds is 4. The largest absolute Gasteiger partial charge is 1.00 e. The summed E-state index contributed by atoms with van der Waals surface area (Å²) in [4.78, 5) is 12.4. The highest BCUT2D eigenvalue weighted by Gasteiger charge is 2.26. The lowest BCUT2D eigenvalue weighted by molar-refractivity contribution is -0.116. The van der Waals surface area contributed by atoms with Crippen LogP contribution in [0, 0.1) is 0 Å². The summed E-state index contributed by atoms with van der Waals surface area (Å²) in [6.07, 6.45) is 3.41. The molecule has 0 saturated carbocycles. The van der Waals surface area contributed by atoms with E-state index in [0.717, 1.165) is 16.8 Å². The zero-order valence-corrected chi connectivity index (χ0v) is 16.1. The Morgan fingerprint density at radius 2 is 1.77 bits per heavy atom. The maximum absolute atomic E-state index is 12.4. The number of fused-ring (bicyclic) bond motifs is 1. The summed E-state index contributed by atoms with van der Waals surface area (Å²) < 4.78 is 5.96. The average Bonchev–Trinajstić information content (AvgIpc) is 2.60. The van der Waals surface area contributed by atoms with Gasteiger partial charge in [0.05, 0.1) is 28.3 Å². The molecule has 0 N–H and O–H groups in total. The predicted molar refractivity (Wildman–Crippen MR) is 100 cm³/mol. The van der Waals surface area contributed by atoms with Crippen molar-refractivity contribution in [2.45, 2.75) is 6.04 Å². The van der Waals surface area contributed by atoms with Crippen molar-refractivity contribution in [2.75, 3.05) is 28.3 Å². The van der Waals surface area contributed by atoms with Crippen molar-refractivity contribution >= 4 is 23.2 Å². The number of carbonyl (C=O) groups excluding carboxylic acids is 1. The predicted octanol–water partition coefficient (Wildman–Crippen LogP) is 1.32. The molecule has 0 amide bonds. The van der Waals surface area contributed by atoms with Gasteiger partial charge < -0.3 is 17.1 Å². The zero-order valence-electron chi connectivity index (χ0n) is 15.3. The van der Waals surface area contributed by atoms with Gasteiger partial charge in [0.1, 0.15) is 17.1 Å². The van der Waals surface area contributed by atoms with Crippen molar-refractivity contribution in [1.82, 2.24) is 4.48 Å². The molecule has 0 aromatic heterocycles. The number of quaternary nitrogens is 1. The average molecular weight is 372 g/mol. The Labute approximate surface area is 160 Å². The van der Waals surface area contributed by atoms with Crippen molar-refractivity contribution in [1.29, 1.82) is 0 Å². The minimum atomic E-state index is -0.628. The van der Waals surface area contributed by atoms with Gasteiger partial charge in [0.25, 0.3) is 0 Å². The Hall–Kier alpha value is -2.50. The van der Waals surface area contributed by atoms with Gasteiger partial charge in [0.15, 0.2) is 11.8 Å². The molecule has 1 atom stereocenters. The van der Waals surface area contributed by atoms with Crippen LogP contribution in [0.15, 0.2) is 58.8 Å². The fraction of sp³-hybridized carbons (Fsp3) is 0.250. The second kappa shape index (κ2) is 7.81. The number of benzene rings is 2. The number of azo groups is 1. The highest BCUT2D eigenvalue weighted by Crippen LogP contribution is 2.35. The number of hydrogen-bond acceptors (Lipinski definition) is 4. The van der Waals surface area contributed by atoms with E-state index in [-0.39, 0.29) is 18.2 Å². The molecule has 1 aliphatic carbocycles. The highest BCUT2D eigenvalue weighted by molar-refractivity contribution is 6.01. The molecule has 0 aliphatic heterocycles. The molecule has 0 fully saturated rings. The number of carbonyl (C=O) groups is 1. The number of ether oxygens (including phenoxy) is 1. The molecule has 6 heteroatoms. The van der Waals surface area contributed by atoms with Crippen LogP contribution in [0.25, 0.3) is 6.08 Å². The van der Waals surface area contributed by atoms with Gasteiger partial charge in [0, 0.05) is 6.07 Å². The number of halogens is 1. The maximum atomic E-state index is 12.4. The molecule has 0 bridgehead atoms. The van der Waals surface area contributed by atoms with Gasteiger partial charge in [-0.25, -0.2) is 0 Å². The molecule has 2 aromatic carbocycles. The third-order valence-corrected chi connectivity index (χ3v) is 4.20. The zero-order chi connectivity index (χ0) is 18.0. The SMILES string of the molecule is COc1ccccc1N=NC1C(=O)C=Cc2ccc([N+](C)(C)C)cc21.[Cl-]. The molecular weight excluding hydrogens is 350 g/mol. The van der Waals surface area contributed by atoms with Gasteiger partial charge in [-0.3, -0.25) is 9.28 Å². The number of nitrogens with zero attached hydrogens (tertiary/aromatic N) is 3. The van der Waals surface area contributed by atoms with E-state index >= 15 is 0 Å². The normalized spacial score (nSPS) is 16.3. The van der Waals surface area contributed by atoms with E-state index in [1.165, 1.54) is 0 Å². The highest BCUT2D eigenvalue weighted by atomic mass is 35.5. The van der Waals surface area contributed by atoms with Crippen LogP contribution in [0.1, 0.15) is 17.2 Å². The maximum Gasteiger partial charge on any atom is 0.186 e. The van der Waals surface area contributed by atoms with E-state index in [1.54, 1.807) is 13.2 Å². The molecular formula is C20H22ClN3O2. The first kappa shape index (κ1) is 19.8. The van der Waals surface area contributed by atoms with E-state index in [4.69, 9.17) is 4.74 Å². The molecule has 0 radical (unpaired) electrons. The first-order valence-electron chi connectivity index (χ1n) is 8.12. The fourth-order valence-corrected chi connectivity index (χ4v) is 2.74. The quantitative estimate of drug-likeness (QED) is 0.601. The Bertz CT molecular complexity index is 870. The van der Waals surface area contributed by atoms with Crippen LogP contribution in [0.3, 0.4) is 0 Å². The van der Waals surface area contributed by atoms with E-state index in [0.29, 0.717) is 15.9 Å². The third kappa shape index (κ3) is 4.00. The molecule has 0 heterocycles. The Morgan fingerprint density at radius 3 is 2.46 bits per heavy atom. The van der Waals surface area contributed by atoms with Crippen LogP contribution in [0.5, 0.6) is 5.75 Å². The van der Waals surface area contributed by atoms with E-state index in [2.05, 4.69) is 37.4 Å². The van der Waals surface area contributed by atoms with Gasteiger partial charge in [0.2, 0.25) is 0 Å². The molecule has 5 nitrogen and oxygen atoms in total. The molecule has 136 valence electrons. The first-order valence-corrected chi connectivity index (χ1v) is 8.12. The van der Waals surface area contributed by atoms with E-state index < -0.39 is 6.04 Å². The Morgan fingerprint density at radius 1 is 1.04 bits per heavy atom. The van der Waals surface area contributed by atoms with Crippen molar-refractivity contribution in [2.24, 2.45) is 10.2 Å². The summed E-state index contributed by atoms with van der Waals surface area (Å²) in [6, 6.07) is 12.9. The third-order valence-electron chi connectivity index (χ3n) is 4.20. The van der Waals surface area contributed by atoms with Gasteiger partial charge >= 0.3 is 0 Å². The minimum Gasteiger partial charge on any atom is -1.00 e. The first-order chi connectivity index (χ1) is 11.9. The Kier molecular flexibility index (Phi) is 5.95. The number of methoxy groups -OCH3 is 1. The summed E-state index contributed by atoms with van der Waals surface area (Å²) in [5.74, 6) is 0.565. The van der Waals surface area contributed by atoms with Crippen molar-refractivity contribution < 1.29 is 21.9 Å². The van der Waals surface area contributed by atoms with E-state index in [9.17, 15) is 4.79 Å². The van der Waals surface area contributed by atoms with Crippen molar-refractivity contribution in [3.63, 3.8) is 0 Å². The van der Waals surface area contributed by atoms with Crippen molar-refractivity contribution in [3.8, 4) is 5.75 Å². The van der Waals surface area contributed by atoms with E-state index in [1.807, 2.05) is 42.5 Å². The van der Waals surface area contributed by atoms with Crippen LogP contribution >= 0.6 is 0 Å². The molecule has 26 heavy (non-hydrogen) atoms. The lowest BCUT2D eigenvalue weighted by Gasteiger charge is -2.25. The molecule has 3 rings (SSSR count). The molecule has 2 aromatic rings. The number of para-hydroxylation sites is 1. The molecule has 1 aliphatic rings. The molecule has 0 spiro atoms. The minimum absolute atomic E-state index is 0. The van der Waals surface area contributed by atoms with Gasteiger partial charge in [-0.05, 0) is 41.5 Å². The summed E-state index contributed by atoms with van der Waals surface area (Å²) in [7, 11) is 7.86. The molecule has 1 unspecified atom stereocenters. The monoisotopic (exact) mass is 371 g/mol. The summed E-state index contributed by atoms with van der Waals surface area (Å²) in [5, 5.41) is 8.63. The van der Waals surface area contributed by atoms with Crippen LogP contribution in [-0.2, 0) is 4.79 Å². The van der Waals surface area contributed by atoms with Crippen LogP contribution < -0.4 is 21.6 Å². The summed E-state index contributed by atoms with van der Waals surface area (Å²) in [5.41, 5.74) is 3.61. The second-order valence-corrected chi connectivity index (χ2v) is 6.85. The van der Waals surface area contributed by atoms with Gasteiger partial charge in [-0.2, -0.15) is 10.2 Å². The van der Waals surface area contributed by atoms with Gasteiger partial charge in [-0.15, -0.1) is 0 Å². The topological polar surface area (TPSA) is 51.0 Å². The summed E-state index contributed by atoms with van der Waals surface area (Å²) >= 11 is 0. The van der Waals surface area contributed by atoms with Crippen LogP contribution in [-0.4, -0.2) is 34.0 Å². The van der Waals surface area contributed by atoms with Crippen molar-refractivity contribution in [3.05, 3.63) is 59.7 Å². The smallest absolute Gasteiger partial charge is 0.186 e. The lowest BCUT2D eigenvalue weighted by Crippen LogP contribution is -3.00. The summed E-state index contributed by atoms with van der Waals surface area (Å²) in [6.45, 7) is 0. The Balaban J connectivity index is 0.00000243. The lowest BCUT2D eigenvalue weighted by atomic mass is 9.91. The van der Waals surface area contributed by atoms with Gasteiger partial charge in [-0.1, -0.05) is 18.2 Å². The van der Waals surface area contributed by atoms with Crippen LogP contribution in [0.2, 0.25) is 0 Å².